The van der Waals surface area contributed by atoms with Gasteiger partial charge in [0, 0.05) is 18.7 Å². The van der Waals surface area contributed by atoms with Gasteiger partial charge < -0.3 is 21.1 Å². The second-order valence-electron chi connectivity index (χ2n) is 6.17. The normalized spacial score (nSPS) is 11.5. The fourth-order valence-corrected chi connectivity index (χ4v) is 2.19. The summed E-state index contributed by atoms with van der Waals surface area (Å²) in [5.74, 6) is 1.15. The molecule has 2 aromatic carbocycles. The Kier molecular flexibility index (Phi) is 7.17. The van der Waals surface area contributed by atoms with Crippen molar-refractivity contribution in [2.75, 3.05) is 11.9 Å². The van der Waals surface area contributed by atoms with Gasteiger partial charge >= 0.3 is 0 Å². The van der Waals surface area contributed by atoms with Crippen molar-refractivity contribution in [1.29, 1.82) is 0 Å². The number of nitrogens with two attached hydrogens (primary N) is 1. The number of carbonyl (C=O) groups is 2. The van der Waals surface area contributed by atoms with Crippen LogP contribution in [-0.2, 0) is 9.59 Å². The van der Waals surface area contributed by atoms with E-state index < -0.39 is 6.04 Å². The second kappa shape index (κ2) is 9.58. The maximum atomic E-state index is 11.9. The number of carbonyl (C=O) groups excluding carboxylic acids is 2. The maximum absolute atomic E-state index is 11.9. The predicted octanol–water partition coefficient (Wildman–Crippen LogP) is 2.97. The number of aryl methyl sites for hydroxylation is 1. The zero-order valence-corrected chi connectivity index (χ0v) is 15.1. The number of benzene rings is 2. The molecule has 0 saturated heterocycles. The third-order valence-corrected chi connectivity index (χ3v) is 3.69. The van der Waals surface area contributed by atoms with E-state index in [4.69, 9.17) is 10.5 Å². The van der Waals surface area contributed by atoms with E-state index in [9.17, 15) is 9.59 Å². The van der Waals surface area contributed by atoms with Gasteiger partial charge in [-0.05, 0) is 56.7 Å². The number of hydrogen-bond acceptors (Lipinski definition) is 4. The largest absolute Gasteiger partial charge is 0.457 e. The van der Waals surface area contributed by atoms with Crippen molar-refractivity contribution in [1.82, 2.24) is 5.32 Å². The van der Waals surface area contributed by atoms with Gasteiger partial charge in [-0.15, -0.1) is 0 Å². The minimum atomic E-state index is -0.538. The Morgan fingerprint density at radius 1 is 1.04 bits per heavy atom. The van der Waals surface area contributed by atoms with Gasteiger partial charge in [0.25, 0.3) is 0 Å². The van der Waals surface area contributed by atoms with E-state index in [2.05, 4.69) is 10.6 Å². The highest BCUT2D eigenvalue weighted by molar-refractivity contribution is 5.90. The summed E-state index contributed by atoms with van der Waals surface area (Å²) in [6.45, 7) is 4.07. The summed E-state index contributed by atoms with van der Waals surface area (Å²) in [5.41, 5.74) is 7.32. The molecule has 6 nitrogen and oxygen atoms in total. The van der Waals surface area contributed by atoms with Crippen LogP contribution in [0.5, 0.6) is 11.5 Å². The molecule has 2 amide bonds. The monoisotopic (exact) mass is 355 g/mol. The van der Waals surface area contributed by atoms with Gasteiger partial charge in [0.2, 0.25) is 11.8 Å². The van der Waals surface area contributed by atoms with Crippen molar-refractivity contribution in [3.8, 4) is 11.5 Å². The van der Waals surface area contributed by atoms with Gasteiger partial charge in [0.1, 0.15) is 11.5 Å². The zero-order chi connectivity index (χ0) is 18.9. The van der Waals surface area contributed by atoms with Crippen LogP contribution in [0.2, 0.25) is 0 Å². The van der Waals surface area contributed by atoms with E-state index in [1.807, 2.05) is 31.2 Å². The van der Waals surface area contributed by atoms with Gasteiger partial charge in [0.15, 0.2) is 0 Å². The number of anilines is 1. The van der Waals surface area contributed by atoms with E-state index in [0.29, 0.717) is 30.8 Å². The van der Waals surface area contributed by atoms with Crippen LogP contribution in [0.3, 0.4) is 0 Å². The highest BCUT2D eigenvalue weighted by atomic mass is 16.5. The molecule has 4 N–H and O–H groups in total. The van der Waals surface area contributed by atoms with Crippen molar-refractivity contribution in [3.63, 3.8) is 0 Å². The van der Waals surface area contributed by atoms with Crippen molar-refractivity contribution in [3.05, 3.63) is 54.1 Å². The van der Waals surface area contributed by atoms with Crippen molar-refractivity contribution in [2.24, 2.45) is 5.73 Å². The fraction of sp³-hybridized carbons (Fsp3) is 0.300. The molecule has 2 rings (SSSR count). The van der Waals surface area contributed by atoms with Gasteiger partial charge in [-0.3, -0.25) is 9.59 Å². The highest BCUT2D eigenvalue weighted by Crippen LogP contribution is 2.23. The molecule has 0 bridgehead atoms. The molecule has 0 aliphatic heterocycles. The van der Waals surface area contributed by atoms with Crippen LogP contribution in [0.1, 0.15) is 25.3 Å². The Hall–Kier alpha value is -2.86. The molecule has 26 heavy (non-hydrogen) atoms. The van der Waals surface area contributed by atoms with Crippen molar-refractivity contribution < 1.29 is 14.3 Å². The van der Waals surface area contributed by atoms with Crippen LogP contribution in [0, 0.1) is 6.92 Å². The molecule has 138 valence electrons. The van der Waals surface area contributed by atoms with Gasteiger partial charge in [-0.1, -0.05) is 17.7 Å². The molecule has 0 fully saturated rings. The summed E-state index contributed by atoms with van der Waals surface area (Å²) in [6.07, 6.45) is 0.875. The van der Waals surface area contributed by atoms with E-state index in [1.165, 1.54) is 5.56 Å². The molecular weight excluding hydrogens is 330 g/mol. The first-order chi connectivity index (χ1) is 12.4. The van der Waals surface area contributed by atoms with Crippen LogP contribution >= 0.6 is 0 Å². The maximum Gasteiger partial charge on any atom is 0.236 e. The number of amides is 2. The second-order valence-corrected chi connectivity index (χ2v) is 6.17. The van der Waals surface area contributed by atoms with Crippen LogP contribution in [-0.4, -0.2) is 24.4 Å². The highest BCUT2D eigenvalue weighted by Gasteiger charge is 2.07. The molecule has 0 aliphatic rings. The molecule has 0 aromatic heterocycles. The van der Waals surface area contributed by atoms with Crippen molar-refractivity contribution in [2.45, 2.75) is 32.7 Å². The lowest BCUT2D eigenvalue weighted by Crippen LogP contribution is -2.38. The average Bonchev–Trinajstić information content (AvgIpc) is 2.62. The van der Waals surface area contributed by atoms with E-state index in [1.54, 1.807) is 31.2 Å². The van der Waals surface area contributed by atoms with Gasteiger partial charge in [-0.25, -0.2) is 0 Å². The molecule has 0 spiro atoms. The number of nitrogens with one attached hydrogen (secondary N) is 2. The standard InChI is InChI=1S/C20H25N3O3/c1-14-5-9-17(10-6-14)26-18-11-7-16(8-12-18)23-19(24)4-3-13-22-20(25)15(2)21/h5-12,15H,3-4,13,21H2,1-2H3,(H,22,25)(H,23,24). The Balaban J connectivity index is 1.75. The molecule has 0 aliphatic carbocycles. The minimum absolute atomic E-state index is 0.104. The van der Waals surface area contributed by atoms with E-state index in [-0.39, 0.29) is 11.8 Å². The first kappa shape index (κ1) is 19.5. The van der Waals surface area contributed by atoms with Gasteiger partial charge in [-0.2, -0.15) is 0 Å². The number of ether oxygens (including phenoxy) is 1. The smallest absolute Gasteiger partial charge is 0.236 e. The molecule has 0 heterocycles. The van der Waals surface area contributed by atoms with Crippen molar-refractivity contribution >= 4 is 17.5 Å². The van der Waals surface area contributed by atoms with E-state index >= 15 is 0 Å². The molecule has 6 heteroatoms. The quantitative estimate of drug-likeness (QED) is 0.635. The number of rotatable bonds is 8. The lowest BCUT2D eigenvalue weighted by Gasteiger charge is -2.09. The third-order valence-electron chi connectivity index (χ3n) is 3.69. The molecule has 2 aromatic rings. The van der Waals surface area contributed by atoms with Crippen LogP contribution in [0.25, 0.3) is 0 Å². The Labute approximate surface area is 153 Å². The Morgan fingerprint density at radius 2 is 1.62 bits per heavy atom. The average molecular weight is 355 g/mol. The third kappa shape index (κ3) is 6.57. The first-order valence-corrected chi connectivity index (χ1v) is 8.62. The Bertz CT molecular complexity index is 725. The summed E-state index contributed by atoms with van der Waals surface area (Å²) >= 11 is 0. The topological polar surface area (TPSA) is 93.5 Å². The van der Waals surface area contributed by atoms with Crippen LogP contribution in [0.15, 0.2) is 48.5 Å². The molecule has 1 unspecified atom stereocenters. The lowest BCUT2D eigenvalue weighted by atomic mass is 10.2. The zero-order valence-electron chi connectivity index (χ0n) is 15.1. The summed E-state index contributed by atoms with van der Waals surface area (Å²) in [6, 6.07) is 14.4. The lowest BCUT2D eigenvalue weighted by molar-refractivity contribution is -0.122. The fourth-order valence-electron chi connectivity index (χ4n) is 2.19. The van der Waals surface area contributed by atoms with Crippen LogP contribution in [0.4, 0.5) is 5.69 Å². The summed E-state index contributed by atoms with van der Waals surface area (Å²) in [7, 11) is 0. The number of hydrogen-bond donors (Lipinski definition) is 3. The molecule has 0 saturated carbocycles. The van der Waals surface area contributed by atoms with E-state index in [0.717, 1.165) is 5.75 Å². The summed E-state index contributed by atoms with van der Waals surface area (Å²) in [4.78, 5) is 23.2. The Morgan fingerprint density at radius 3 is 2.19 bits per heavy atom. The summed E-state index contributed by atoms with van der Waals surface area (Å²) in [5, 5.41) is 5.49. The SMILES string of the molecule is Cc1ccc(Oc2ccc(NC(=O)CCCNC(=O)C(C)N)cc2)cc1. The summed E-state index contributed by atoms with van der Waals surface area (Å²) < 4.78 is 5.75. The minimum Gasteiger partial charge on any atom is -0.457 e. The molecule has 0 radical (unpaired) electrons. The predicted molar refractivity (Wildman–Crippen MR) is 102 cm³/mol. The molecular formula is C20H25N3O3. The molecule has 1 atom stereocenters. The van der Waals surface area contributed by atoms with Gasteiger partial charge in [0.05, 0.1) is 6.04 Å². The first-order valence-electron chi connectivity index (χ1n) is 8.62. The van der Waals surface area contributed by atoms with Crippen LogP contribution < -0.4 is 21.1 Å².